The maximum absolute atomic E-state index is 5.81. The Hall–Kier alpha value is -0.980. The zero-order chi connectivity index (χ0) is 9.97. The second-order valence-corrected chi connectivity index (χ2v) is 3.23. The molecule has 1 aromatic heterocycles. The topological polar surface area (TPSA) is 83.4 Å². The quantitative estimate of drug-likeness (QED) is 0.738. The number of nitrogens with two attached hydrogens (primary N) is 1. The molecular formula is C8H13N3O3. The average molecular weight is 199 g/mol. The summed E-state index contributed by atoms with van der Waals surface area (Å²) >= 11 is 0. The summed E-state index contributed by atoms with van der Waals surface area (Å²) in [5.74, 6) is 0.965. The van der Waals surface area contributed by atoms with Crippen LogP contribution in [0.3, 0.4) is 0 Å². The van der Waals surface area contributed by atoms with Gasteiger partial charge in [0.25, 0.3) is 5.89 Å². The maximum atomic E-state index is 5.81. The molecule has 14 heavy (non-hydrogen) atoms. The summed E-state index contributed by atoms with van der Waals surface area (Å²) in [6, 6.07) is -0.0501. The van der Waals surface area contributed by atoms with Crippen LogP contribution in [0.1, 0.15) is 24.2 Å². The van der Waals surface area contributed by atoms with Crippen LogP contribution >= 0.6 is 0 Å². The molecular weight excluding hydrogens is 186 g/mol. The standard InChI is InChI=1S/C8H13N3O3/c1-12-4-6-10-8(14-11-6)7-5(9)2-3-13-7/h5,7H,2-4,9H2,1H3/t5-,7+/m1/s1. The van der Waals surface area contributed by atoms with E-state index in [4.69, 9.17) is 19.7 Å². The highest BCUT2D eigenvalue weighted by molar-refractivity contribution is 4.96. The van der Waals surface area contributed by atoms with Crippen molar-refractivity contribution in [2.24, 2.45) is 5.73 Å². The van der Waals surface area contributed by atoms with Gasteiger partial charge in [0, 0.05) is 19.8 Å². The van der Waals surface area contributed by atoms with Crippen LogP contribution in [0.15, 0.2) is 4.52 Å². The van der Waals surface area contributed by atoms with Crippen molar-refractivity contribution in [3.63, 3.8) is 0 Å². The van der Waals surface area contributed by atoms with E-state index < -0.39 is 0 Å². The van der Waals surface area contributed by atoms with Crippen LogP contribution in [0.25, 0.3) is 0 Å². The molecule has 0 unspecified atom stereocenters. The van der Waals surface area contributed by atoms with Gasteiger partial charge in [-0.2, -0.15) is 4.98 Å². The Morgan fingerprint density at radius 3 is 3.14 bits per heavy atom. The van der Waals surface area contributed by atoms with E-state index in [0.29, 0.717) is 24.9 Å². The minimum absolute atomic E-state index is 0.0501. The third-order valence-corrected chi connectivity index (χ3v) is 2.14. The molecule has 0 bridgehead atoms. The lowest BCUT2D eigenvalue weighted by molar-refractivity contribution is 0.0766. The van der Waals surface area contributed by atoms with Gasteiger partial charge in [-0.15, -0.1) is 0 Å². The minimum Gasteiger partial charge on any atom is -0.377 e. The van der Waals surface area contributed by atoms with Crippen LogP contribution in [0.4, 0.5) is 0 Å². The number of aromatic nitrogens is 2. The number of methoxy groups -OCH3 is 1. The maximum Gasteiger partial charge on any atom is 0.257 e. The lowest BCUT2D eigenvalue weighted by atomic mass is 10.1. The lowest BCUT2D eigenvalue weighted by Crippen LogP contribution is -2.23. The molecule has 1 aromatic rings. The highest BCUT2D eigenvalue weighted by Gasteiger charge is 2.31. The number of hydrogen-bond acceptors (Lipinski definition) is 6. The predicted octanol–water partition coefficient (Wildman–Crippen LogP) is 0.00470. The third-order valence-electron chi connectivity index (χ3n) is 2.14. The van der Waals surface area contributed by atoms with E-state index in [0.717, 1.165) is 6.42 Å². The Morgan fingerprint density at radius 1 is 1.64 bits per heavy atom. The van der Waals surface area contributed by atoms with E-state index in [2.05, 4.69) is 10.1 Å². The summed E-state index contributed by atoms with van der Waals surface area (Å²) in [6.45, 7) is 0.985. The van der Waals surface area contributed by atoms with Crippen molar-refractivity contribution in [3.8, 4) is 0 Å². The van der Waals surface area contributed by atoms with Gasteiger partial charge in [-0.1, -0.05) is 5.16 Å². The summed E-state index contributed by atoms with van der Waals surface area (Å²) in [5.41, 5.74) is 5.81. The zero-order valence-electron chi connectivity index (χ0n) is 7.97. The van der Waals surface area contributed by atoms with E-state index in [1.165, 1.54) is 0 Å². The van der Waals surface area contributed by atoms with Crippen LogP contribution < -0.4 is 5.73 Å². The van der Waals surface area contributed by atoms with Crippen molar-refractivity contribution >= 4 is 0 Å². The van der Waals surface area contributed by atoms with E-state index >= 15 is 0 Å². The molecule has 2 rings (SSSR count). The normalized spacial score (nSPS) is 27.0. The third kappa shape index (κ3) is 1.77. The summed E-state index contributed by atoms with van der Waals surface area (Å²) in [5, 5.41) is 3.74. The van der Waals surface area contributed by atoms with Gasteiger partial charge in [0.15, 0.2) is 11.9 Å². The summed E-state index contributed by atoms with van der Waals surface area (Å²) in [4.78, 5) is 4.12. The highest BCUT2D eigenvalue weighted by atomic mass is 16.5. The second-order valence-electron chi connectivity index (χ2n) is 3.23. The van der Waals surface area contributed by atoms with E-state index in [-0.39, 0.29) is 12.1 Å². The molecule has 1 fully saturated rings. The monoisotopic (exact) mass is 199 g/mol. The Kier molecular flexibility index (Phi) is 2.76. The second kappa shape index (κ2) is 4.04. The van der Waals surface area contributed by atoms with Gasteiger partial charge in [-0.05, 0) is 6.42 Å². The zero-order valence-corrected chi connectivity index (χ0v) is 7.97. The van der Waals surface area contributed by atoms with Crippen molar-refractivity contribution in [1.82, 2.24) is 10.1 Å². The van der Waals surface area contributed by atoms with E-state index in [1.807, 2.05) is 0 Å². The minimum atomic E-state index is -0.256. The lowest BCUT2D eigenvalue weighted by Gasteiger charge is -2.07. The first-order valence-electron chi connectivity index (χ1n) is 4.50. The number of rotatable bonds is 3. The van der Waals surface area contributed by atoms with Gasteiger partial charge in [0.1, 0.15) is 6.61 Å². The molecule has 0 aliphatic carbocycles. The molecule has 0 aromatic carbocycles. The van der Waals surface area contributed by atoms with Crippen molar-refractivity contribution in [3.05, 3.63) is 11.7 Å². The van der Waals surface area contributed by atoms with Gasteiger partial charge < -0.3 is 19.7 Å². The molecule has 2 heterocycles. The Morgan fingerprint density at radius 2 is 2.50 bits per heavy atom. The molecule has 0 radical (unpaired) electrons. The first kappa shape index (κ1) is 9.57. The molecule has 6 heteroatoms. The predicted molar refractivity (Wildman–Crippen MR) is 46.3 cm³/mol. The number of nitrogens with zero attached hydrogens (tertiary/aromatic N) is 2. The SMILES string of the molecule is COCc1noc([C@H]2OCC[C@H]2N)n1. The van der Waals surface area contributed by atoms with Crippen LogP contribution in [0.5, 0.6) is 0 Å². The number of ether oxygens (including phenoxy) is 2. The molecule has 0 saturated carbocycles. The van der Waals surface area contributed by atoms with Crippen molar-refractivity contribution < 1.29 is 14.0 Å². The average Bonchev–Trinajstić information content (AvgIpc) is 2.74. The first-order chi connectivity index (χ1) is 6.81. The molecule has 6 nitrogen and oxygen atoms in total. The summed E-state index contributed by atoms with van der Waals surface area (Å²) < 4.78 is 15.3. The van der Waals surface area contributed by atoms with E-state index in [1.54, 1.807) is 7.11 Å². The molecule has 1 saturated heterocycles. The molecule has 78 valence electrons. The van der Waals surface area contributed by atoms with Gasteiger partial charge in [0.2, 0.25) is 0 Å². The Balaban J connectivity index is 2.08. The van der Waals surface area contributed by atoms with Crippen molar-refractivity contribution in [1.29, 1.82) is 0 Å². The highest BCUT2D eigenvalue weighted by Crippen LogP contribution is 2.26. The fourth-order valence-electron chi connectivity index (χ4n) is 1.43. The van der Waals surface area contributed by atoms with Crippen molar-refractivity contribution in [2.75, 3.05) is 13.7 Å². The van der Waals surface area contributed by atoms with Gasteiger partial charge in [-0.25, -0.2) is 0 Å². The molecule has 0 spiro atoms. The fraction of sp³-hybridized carbons (Fsp3) is 0.750. The summed E-state index contributed by atoms with van der Waals surface area (Å²) in [7, 11) is 1.58. The summed E-state index contributed by atoms with van der Waals surface area (Å²) in [6.07, 6.45) is 0.570. The van der Waals surface area contributed by atoms with Crippen LogP contribution in [-0.2, 0) is 16.1 Å². The molecule has 2 atom stereocenters. The van der Waals surface area contributed by atoms with Crippen molar-refractivity contribution in [2.45, 2.75) is 25.2 Å². The Labute approximate surface area is 81.4 Å². The van der Waals surface area contributed by atoms with Gasteiger partial charge in [0.05, 0.1) is 0 Å². The van der Waals surface area contributed by atoms with Gasteiger partial charge >= 0.3 is 0 Å². The van der Waals surface area contributed by atoms with Crippen LogP contribution in [0, 0.1) is 0 Å². The fourth-order valence-corrected chi connectivity index (χ4v) is 1.43. The smallest absolute Gasteiger partial charge is 0.257 e. The molecule has 0 amide bonds. The number of hydrogen-bond donors (Lipinski definition) is 1. The van der Waals surface area contributed by atoms with Crippen LogP contribution in [-0.4, -0.2) is 29.9 Å². The molecule has 1 aliphatic rings. The molecule has 1 aliphatic heterocycles. The first-order valence-corrected chi connectivity index (χ1v) is 4.50. The molecule has 2 N–H and O–H groups in total. The largest absolute Gasteiger partial charge is 0.377 e. The van der Waals surface area contributed by atoms with Gasteiger partial charge in [-0.3, -0.25) is 0 Å². The van der Waals surface area contributed by atoms with E-state index in [9.17, 15) is 0 Å². The van der Waals surface area contributed by atoms with Crippen LogP contribution in [0.2, 0.25) is 0 Å². The Bertz CT molecular complexity index is 302.